The van der Waals surface area contributed by atoms with Gasteiger partial charge in [-0.3, -0.25) is 10.1 Å². The van der Waals surface area contributed by atoms with Crippen LogP contribution in [0.3, 0.4) is 0 Å². The summed E-state index contributed by atoms with van der Waals surface area (Å²) in [7, 11) is 0. The molecule has 7 nitrogen and oxygen atoms in total. The molecule has 0 spiro atoms. The second-order valence-corrected chi connectivity index (χ2v) is 4.96. The lowest BCUT2D eigenvalue weighted by Crippen LogP contribution is -2.13. The van der Waals surface area contributed by atoms with Gasteiger partial charge in [0.25, 0.3) is 5.91 Å². The number of para-hydroxylation sites is 1. The maximum absolute atomic E-state index is 12.4. The number of anilines is 2. The number of rotatable bonds is 4. The Morgan fingerprint density at radius 3 is 2.95 bits per heavy atom. The first-order valence-corrected chi connectivity index (χ1v) is 7.15. The van der Waals surface area contributed by atoms with E-state index in [2.05, 4.69) is 30.4 Å². The minimum Gasteiger partial charge on any atom is -0.370 e. The normalized spacial score (nSPS) is 10.5. The number of carbonyl (C=O) groups excluding carboxylic acids is 1. The zero-order valence-corrected chi connectivity index (χ0v) is 12.0. The average Bonchev–Trinajstić information content (AvgIpc) is 2.99. The Kier molecular flexibility index (Phi) is 3.69. The van der Waals surface area contributed by atoms with E-state index in [0.717, 1.165) is 29.0 Å². The van der Waals surface area contributed by atoms with E-state index in [1.165, 1.54) is 0 Å². The monoisotopic (exact) mass is 300 g/mol. The fourth-order valence-corrected chi connectivity index (χ4v) is 2.34. The van der Waals surface area contributed by atoms with Gasteiger partial charge in [0, 0.05) is 23.5 Å². The molecule has 0 radical (unpaired) electrons. The fourth-order valence-electron chi connectivity index (χ4n) is 1.98. The van der Waals surface area contributed by atoms with Crippen molar-refractivity contribution in [1.29, 1.82) is 0 Å². The highest BCUT2D eigenvalue weighted by molar-refractivity contribution is 7.09. The van der Waals surface area contributed by atoms with Crippen molar-refractivity contribution in [2.45, 2.75) is 6.92 Å². The Balaban J connectivity index is 2.04. The Morgan fingerprint density at radius 2 is 2.19 bits per heavy atom. The molecule has 2 N–H and O–H groups in total. The van der Waals surface area contributed by atoms with Crippen LogP contribution in [-0.2, 0) is 0 Å². The van der Waals surface area contributed by atoms with Crippen LogP contribution in [0, 0.1) is 0 Å². The standard InChI is InChI=1S/C13H12N6OS/c1-2-14-11-7-9(8-5-3-4-6-10(8)15-11)12(20)16-13-17-18-19-21-13/h3-7H,2H2,1H3,(H,14,15)(H,16,17,19,20). The molecule has 2 aromatic heterocycles. The molecule has 0 bridgehead atoms. The lowest BCUT2D eigenvalue weighted by atomic mass is 10.1. The smallest absolute Gasteiger partial charge is 0.258 e. The predicted octanol–water partition coefficient (Wildman–Crippen LogP) is 2.17. The molecule has 0 unspecified atom stereocenters. The van der Waals surface area contributed by atoms with Crippen LogP contribution in [0.15, 0.2) is 30.3 Å². The predicted molar refractivity (Wildman–Crippen MR) is 81.6 cm³/mol. The van der Waals surface area contributed by atoms with Crippen molar-refractivity contribution in [2.75, 3.05) is 17.2 Å². The van der Waals surface area contributed by atoms with Gasteiger partial charge in [-0.05, 0) is 24.3 Å². The number of benzene rings is 1. The molecule has 0 saturated carbocycles. The van der Waals surface area contributed by atoms with Gasteiger partial charge in [-0.2, -0.15) is 0 Å². The van der Waals surface area contributed by atoms with Crippen molar-refractivity contribution in [3.8, 4) is 0 Å². The van der Waals surface area contributed by atoms with Gasteiger partial charge >= 0.3 is 0 Å². The summed E-state index contributed by atoms with van der Waals surface area (Å²) in [4.78, 5) is 16.9. The second kappa shape index (κ2) is 5.80. The summed E-state index contributed by atoms with van der Waals surface area (Å²) in [5.41, 5.74) is 1.29. The van der Waals surface area contributed by atoms with Gasteiger partial charge in [-0.15, -0.1) is 0 Å². The van der Waals surface area contributed by atoms with Gasteiger partial charge in [-0.25, -0.2) is 4.98 Å². The molecule has 0 atom stereocenters. The minimum absolute atomic E-state index is 0.258. The third-order valence-electron chi connectivity index (χ3n) is 2.84. The van der Waals surface area contributed by atoms with Crippen molar-refractivity contribution in [3.05, 3.63) is 35.9 Å². The first-order valence-electron chi connectivity index (χ1n) is 6.38. The number of hydrogen-bond donors (Lipinski definition) is 2. The average molecular weight is 300 g/mol. The van der Waals surface area contributed by atoms with Crippen LogP contribution in [-0.4, -0.2) is 32.2 Å². The van der Waals surface area contributed by atoms with E-state index in [1.807, 2.05) is 31.2 Å². The summed E-state index contributed by atoms with van der Waals surface area (Å²) >= 11 is 1.03. The molecular formula is C13H12N6OS. The topological polar surface area (TPSA) is 92.7 Å². The van der Waals surface area contributed by atoms with Crippen LogP contribution in [0.5, 0.6) is 0 Å². The number of fused-ring (bicyclic) bond motifs is 1. The number of hydrogen-bond acceptors (Lipinski definition) is 7. The van der Waals surface area contributed by atoms with Gasteiger partial charge in [0.15, 0.2) is 0 Å². The van der Waals surface area contributed by atoms with E-state index in [4.69, 9.17) is 0 Å². The van der Waals surface area contributed by atoms with Crippen molar-refractivity contribution in [3.63, 3.8) is 0 Å². The number of nitrogens with zero attached hydrogens (tertiary/aromatic N) is 4. The molecule has 0 fully saturated rings. The number of nitrogens with one attached hydrogen (secondary N) is 2. The van der Waals surface area contributed by atoms with E-state index in [-0.39, 0.29) is 5.91 Å². The highest BCUT2D eigenvalue weighted by Crippen LogP contribution is 2.22. The Bertz CT molecular complexity index is 773. The van der Waals surface area contributed by atoms with Crippen molar-refractivity contribution in [2.24, 2.45) is 0 Å². The summed E-state index contributed by atoms with van der Waals surface area (Å²) in [6.07, 6.45) is 0. The SMILES string of the molecule is CCNc1cc(C(=O)Nc2nnns2)c2ccccc2n1. The molecule has 0 aliphatic rings. The lowest BCUT2D eigenvalue weighted by molar-refractivity contribution is 0.102. The van der Waals surface area contributed by atoms with Crippen LogP contribution in [0.4, 0.5) is 10.9 Å². The van der Waals surface area contributed by atoms with Gasteiger partial charge in [0.1, 0.15) is 5.82 Å². The van der Waals surface area contributed by atoms with Crippen LogP contribution < -0.4 is 10.6 Å². The number of pyridine rings is 1. The largest absolute Gasteiger partial charge is 0.370 e. The highest BCUT2D eigenvalue weighted by Gasteiger charge is 2.14. The van der Waals surface area contributed by atoms with E-state index < -0.39 is 0 Å². The summed E-state index contributed by atoms with van der Waals surface area (Å²) in [6.45, 7) is 2.70. The molecule has 106 valence electrons. The maximum atomic E-state index is 12.4. The molecule has 0 aliphatic heterocycles. The number of carbonyl (C=O) groups is 1. The van der Waals surface area contributed by atoms with Crippen molar-refractivity contribution in [1.82, 2.24) is 19.8 Å². The van der Waals surface area contributed by atoms with E-state index >= 15 is 0 Å². The van der Waals surface area contributed by atoms with Crippen LogP contribution in [0.25, 0.3) is 10.9 Å². The third kappa shape index (κ3) is 2.79. The van der Waals surface area contributed by atoms with Crippen LogP contribution in [0.2, 0.25) is 0 Å². The lowest BCUT2D eigenvalue weighted by Gasteiger charge is -2.09. The van der Waals surface area contributed by atoms with E-state index in [0.29, 0.717) is 16.5 Å². The highest BCUT2D eigenvalue weighted by atomic mass is 32.1. The quantitative estimate of drug-likeness (QED) is 0.767. The number of aromatic nitrogens is 4. The van der Waals surface area contributed by atoms with Gasteiger partial charge in [-0.1, -0.05) is 27.8 Å². The molecule has 0 aliphatic carbocycles. The van der Waals surface area contributed by atoms with Gasteiger partial charge in [0.2, 0.25) is 5.13 Å². The summed E-state index contributed by atoms with van der Waals surface area (Å²) in [5.74, 6) is 0.406. The van der Waals surface area contributed by atoms with E-state index in [9.17, 15) is 4.79 Å². The zero-order chi connectivity index (χ0) is 14.7. The zero-order valence-electron chi connectivity index (χ0n) is 11.2. The molecule has 3 rings (SSSR count). The molecule has 21 heavy (non-hydrogen) atoms. The molecule has 3 aromatic rings. The Labute approximate surface area is 124 Å². The second-order valence-electron chi connectivity index (χ2n) is 4.22. The first kappa shape index (κ1) is 13.4. The third-order valence-corrected chi connectivity index (χ3v) is 3.35. The molecule has 8 heteroatoms. The maximum Gasteiger partial charge on any atom is 0.258 e. The summed E-state index contributed by atoms with van der Waals surface area (Å²) in [6, 6.07) is 9.24. The molecule has 1 amide bonds. The Hall–Kier alpha value is -2.61. The minimum atomic E-state index is -0.258. The fraction of sp³-hybridized carbons (Fsp3) is 0.154. The molecule has 0 saturated heterocycles. The summed E-state index contributed by atoms with van der Waals surface area (Å²) in [5, 5.41) is 14.1. The van der Waals surface area contributed by atoms with Crippen LogP contribution in [0.1, 0.15) is 17.3 Å². The molecule has 2 heterocycles. The van der Waals surface area contributed by atoms with Crippen molar-refractivity contribution < 1.29 is 4.79 Å². The van der Waals surface area contributed by atoms with Crippen molar-refractivity contribution >= 4 is 39.3 Å². The van der Waals surface area contributed by atoms with Gasteiger partial charge in [0.05, 0.1) is 11.1 Å². The van der Waals surface area contributed by atoms with Gasteiger partial charge < -0.3 is 5.32 Å². The number of amides is 1. The van der Waals surface area contributed by atoms with E-state index in [1.54, 1.807) is 6.07 Å². The first-order chi connectivity index (χ1) is 10.3. The van der Waals surface area contributed by atoms with Crippen LogP contribution >= 0.6 is 11.5 Å². The summed E-state index contributed by atoms with van der Waals surface area (Å²) < 4.78 is 3.62. The Morgan fingerprint density at radius 1 is 1.33 bits per heavy atom. The molecule has 1 aromatic carbocycles. The molecular weight excluding hydrogens is 288 g/mol.